The van der Waals surface area contributed by atoms with Gasteiger partial charge in [-0.05, 0) is 90.1 Å². The maximum absolute atomic E-state index is 15.0. The Balaban J connectivity index is 0.964. The van der Waals surface area contributed by atoms with Crippen molar-refractivity contribution in [2.24, 2.45) is 26.2 Å². The predicted octanol–water partition coefficient (Wildman–Crippen LogP) is 6.71. The molecule has 0 aliphatic carbocycles. The van der Waals surface area contributed by atoms with E-state index >= 15 is 0 Å². The van der Waals surface area contributed by atoms with Crippen molar-refractivity contribution in [3.8, 4) is 16.9 Å². The maximum Gasteiger partial charge on any atom is 0.316 e. The lowest BCUT2D eigenvalue weighted by Crippen LogP contribution is -2.27. The van der Waals surface area contributed by atoms with E-state index in [0.717, 1.165) is 42.5 Å². The molecule has 0 saturated heterocycles. The van der Waals surface area contributed by atoms with Crippen LogP contribution in [0, 0.1) is 6.08 Å². The molecule has 2 amide bonds. The third kappa shape index (κ3) is 13.3. The van der Waals surface area contributed by atoms with Crippen LogP contribution in [0.25, 0.3) is 32.7 Å². The number of nitrogens with one attached hydrogen (secondary N) is 5. The number of azo groups is 2. The number of carbonyl (C=O) groups is 1. The molecule has 1 aliphatic rings. The molecule has 43 heteroatoms. The summed E-state index contributed by atoms with van der Waals surface area (Å²) < 4.78 is 215. The fourth-order valence-corrected chi connectivity index (χ4v) is 12.7. The monoisotopic (exact) mass is 1340 g/mol. The molecule has 0 radical (unpaired) electrons. The van der Waals surface area contributed by atoms with Crippen molar-refractivity contribution in [3.63, 3.8) is 0 Å². The lowest BCUT2D eigenvalue weighted by molar-refractivity contribution is 0.259. The molecule has 3 heterocycles. The van der Waals surface area contributed by atoms with Crippen LogP contribution in [-0.2, 0) is 60.4 Å². The van der Waals surface area contributed by atoms with E-state index in [1.807, 2.05) is 0 Å². The quantitative estimate of drug-likeness (QED) is 0.0278. The van der Waals surface area contributed by atoms with Gasteiger partial charge >= 0.3 is 12.1 Å². The van der Waals surface area contributed by atoms with Crippen LogP contribution in [0.2, 0.25) is 5.28 Å². The van der Waals surface area contributed by atoms with E-state index in [2.05, 4.69) is 83.5 Å². The minimum absolute atomic E-state index is 0.0192. The first-order valence-electron chi connectivity index (χ1n) is 23.2. The zero-order chi connectivity index (χ0) is 63.7. The van der Waals surface area contributed by atoms with Crippen LogP contribution in [0.5, 0.6) is 5.75 Å². The van der Waals surface area contributed by atoms with Gasteiger partial charge in [0, 0.05) is 40.0 Å². The number of aromatic hydroxyl groups is 1. The Morgan fingerprint density at radius 2 is 1.28 bits per heavy atom. The molecule has 9 rings (SSSR count). The Morgan fingerprint density at radius 3 is 1.87 bits per heavy atom. The van der Waals surface area contributed by atoms with Gasteiger partial charge in [0.15, 0.2) is 9.84 Å². The summed E-state index contributed by atoms with van der Waals surface area (Å²) >= 11 is 6.24. The topological polar surface area (TPSA) is 556 Å². The fourth-order valence-electron chi connectivity index (χ4n) is 8.28. The summed E-state index contributed by atoms with van der Waals surface area (Å²) in [6, 6.07) is 8.81. The van der Waals surface area contributed by atoms with E-state index in [0.29, 0.717) is 29.7 Å². The first-order valence-corrected chi connectivity index (χ1v) is 32.3. The number of hydrogen-bond donors (Lipinski definition) is 12. The van der Waals surface area contributed by atoms with Crippen molar-refractivity contribution in [1.82, 2.24) is 29.9 Å². The van der Waals surface area contributed by atoms with E-state index < -0.39 is 171 Å². The second kappa shape index (κ2) is 22.6. The van der Waals surface area contributed by atoms with E-state index in [9.17, 15) is 87.6 Å². The number of halogens is 2. The number of amides is 2. The Labute approximate surface area is 492 Å². The lowest BCUT2D eigenvalue weighted by atomic mass is 9.96. The highest BCUT2D eigenvalue weighted by Crippen LogP contribution is 2.57. The van der Waals surface area contributed by atoms with Gasteiger partial charge in [-0.1, -0.05) is 18.7 Å². The van der Waals surface area contributed by atoms with Crippen LogP contribution in [0.3, 0.4) is 0 Å². The number of carbonyl (C=O) groups excluding carboxylic acids is 1. The summed E-state index contributed by atoms with van der Waals surface area (Å²) in [5, 5.41) is 38.0. The number of sulfone groups is 1. The predicted molar refractivity (Wildman–Crippen MR) is 302 cm³/mol. The second-order valence-electron chi connectivity index (χ2n) is 17.8. The molecule has 0 bridgehead atoms. The number of nitrogens with two attached hydrogens (primary N) is 1. The molecule has 454 valence electrons. The van der Waals surface area contributed by atoms with Crippen molar-refractivity contribution < 1.29 is 87.6 Å². The number of phenolic OH excluding ortho intramolecular Hbond substituents is 1. The van der Waals surface area contributed by atoms with Crippen LogP contribution in [-0.4, -0.2) is 127 Å². The highest BCUT2D eigenvalue weighted by Gasteiger charge is 2.36. The van der Waals surface area contributed by atoms with Gasteiger partial charge in [-0.3, -0.25) is 22.8 Å². The Kier molecular flexibility index (Phi) is 16.2. The molecule has 8 aromatic rings. The highest BCUT2D eigenvalue weighted by atomic mass is 35.5. The number of benzene rings is 6. The lowest BCUT2D eigenvalue weighted by Gasteiger charge is -2.22. The molecular weight excluding hydrogens is 1300 g/mol. The summed E-state index contributed by atoms with van der Waals surface area (Å²) in [4.78, 5) is 29.8. The molecule has 1 aliphatic heterocycles. The number of phenols is 1. The number of urea groups is 1. The van der Waals surface area contributed by atoms with Crippen molar-refractivity contribution in [3.05, 3.63) is 96.1 Å². The van der Waals surface area contributed by atoms with Crippen LogP contribution in [0.4, 0.5) is 72.8 Å². The molecule has 35 nitrogen and oxygen atoms in total. The average molecular weight is 1340 g/mol. The number of fused-ring (bicyclic) bond motifs is 4. The number of primary amides is 1. The van der Waals surface area contributed by atoms with Crippen molar-refractivity contribution in [1.29, 1.82) is 0 Å². The SMILES string of the molecule is C=CS(=O)(=O)c1ccc(-c2c(S(=O)(=O)O)cc3c(Nc4nc(Cl)nc(NCC(C)Nc5nc(F)nc(Nc6ccc(N=Nc7cc8c(S(=O)(=O)O)cc(S(=O)(=O)O)cc8cc7S(=O)(=O)O)c(NC(N)=O)c6)n5)n4)c(S(=O)(=O)O)c4c(c3c2O)N=N4)cc1. The normalized spacial score (nSPS) is 13.2. The number of rotatable bonds is 20. The number of aromatic nitrogens is 6. The number of nitrogens with zero attached hydrogens (tertiary/aromatic N) is 10. The Bertz CT molecular complexity index is 5110. The molecule has 87 heavy (non-hydrogen) atoms. The number of anilines is 7. The largest absolute Gasteiger partial charge is 0.507 e. The summed E-state index contributed by atoms with van der Waals surface area (Å²) in [6.45, 7) is 4.57. The second-order valence-corrected chi connectivity index (χ2v) is 27.0. The first kappa shape index (κ1) is 62.3. The van der Waals surface area contributed by atoms with Gasteiger partial charge in [0.1, 0.15) is 48.1 Å². The fraction of sp³-hybridized carbons (Fsp3) is 0.0682. The van der Waals surface area contributed by atoms with Crippen LogP contribution in [0.1, 0.15) is 6.92 Å². The van der Waals surface area contributed by atoms with Crippen LogP contribution >= 0.6 is 11.6 Å². The van der Waals surface area contributed by atoms with E-state index in [4.69, 9.17) is 17.3 Å². The molecule has 0 saturated carbocycles. The van der Waals surface area contributed by atoms with E-state index in [-0.39, 0.29) is 51.1 Å². The summed E-state index contributed by atoms with van der Waals surface area (Å²) in [5.74, 6) is -2.74. The van der Waals surface area contributed by atoms with Gasteiger partial charge in [0.2, 0.25) is 29.1 Å². The molecule has 13 N–H and O–H groups in total. The van der Waals surface area contributed by atoms with Crippen LogP contribution in [0.15, 0.2) is 135 Å². The van der Waals surface area contributed by atoms with Crippen molar-refractivity contribution >= 4 is 163 Å². The minimum Gasteiger partial charge on any atom is -0.507 e. The third-order valence-electron chi connectivity index (χ3n) is 11.9. The standard InChI is InChI=1S/C44H34ClFN16O19S6/c1-3-82(65,66)21-7-4-18(5-8-21)31-30(86(76,77)78)15-24-32(36(31)63)34-35(62-61-34)37(87(79,80)81)33(24)52-44-54-38(45)53-41(57-44)48-16-17(2)49-42-55-39(46)56-43(58-42)50-20-6-9-25(26(12-20)51-40(47)64)59-60-27-14-23-19(11-29(27)85(73,74)75)10-22(83(67,68)69)13-28(23)84(70,71)72/h3-15,17,63H,1,16H2,2H3,(H3,47,51,64)(H,67,68,69)(H,70,71,72)(H,73,74,75)(H,76,77,78)(H,79,80,81)(H2,48,52,53,54,57)(H2,49,50,55,56,58). The third-order valence-corrected chi connectivity index (χ3v) is 17.8. The summed E-state index contributed by atoms with van der Waals surface area (Å²) in [7, 11) is -30.4. The van der Waals surface area contributed by atoms with Gasteiger partial charge in [0.25, 0.3) is 50.6 Å². The van der Waals surface area contributed by atoms with E-state index in [1.165, 1.54) is 13.0 Å². The molecular formula is C44H34ClFN16O19S6. The Hall–Kier alpha value is -9.21. The molecule has 1 unspecified atom stereocenters. The zero-order valence-corrected chi connectivity index (χ0v) is 48.4. The van der Waals surface area contributed by atoms with Gasteiger partial charge in [-0.15, -0.1) is 20.5 Å². The number of hydrogen-bond acceptors (Lipinski definition) is 28. The average Bonchev–Trinajstić information content (AvgIpc) is 0.778. The molecule has 0 fully saturated rings. The minimum atomic E-state index is -5.36. The zero-order valence-electron chi connectivity index (χ0n) is 42.7. The molecule has 0 spiro atoms. The smallest absolute Gasteiger partial charge is 0.316 e. The Morgan fingerprint density at radius 1 is 0.667 bits per heavy atom. The van der Waals surface area contributed by atoms with Crippen molar-refractivity contribution in [2.45, 2.75) is 42.3 Å². The first-order chi connectivity index (χ1) is 40.4. The van der Waals surface area contributed by atoms with E-state index in [1.54, 1.807) is 0 Å². The van der Waals surface area contributed by atoms with Crippen LogP contribution < -0.4 is 32.3 Å². The van der Waals surface area contributed by atoms with Gasteiger partial charge in [0.05, 0.1) is 26.6 Å². The van der Waals surface area contributed by atoms with Gasteiger partial charge in [-0.25, -0.2) is 13.2 Å². The van der Waals surface area contributed by atoms with Gasteiger partial charge < -0.3 is 37.4 Å². The summed E-state index contributed by atoms with van der Waals surface area (Å²) in [6.07, 6.45) is -1.34. The van der Waals surface area contributed by atoms with Gasteiger partial charge in [-0.2, -0.15) is 76.4 Å². The molecule has 1 atom stereocenters. The van der Waals surface area contributed by atoms with Crippen molar-refractivity contribution in [2.75, 3.05) is 33.1 Å². The highest BCUT2D eigenvalue weighted by molar-refractivity contribution is 7.94. The molecule has 6 aromatic carbocycles. The summed E-state index contributed by atoms with van der Waals surface area (Å²) in [5.41, 5.74) is 1.56. The molecule has 2 aromatic heterocycles. The maximum atomic E-state index is 15.0.